The second kappa shape index (κ2) is 7.78. The van der Waals surface area contributed by atoms with E-state index < -0.39 is 6.04 Å². The summed E-state index contributed by atoms with van der Waals surface area (Å²) >= 11 is 0. The normalized spacial score (nSPS) is 19.3. The van der Waals surface area contributed by atoms with Crippen molar-refractivity contribution in [1.29, 1.82) is 0 Å². The summed E-state index contributed by atoms with van der Waals surface area (Å²) < 4.78 is 5.03. The van der Waals surface area contributed by atoms with E-state index in [0.29, 0.717) is 32.5 Å². The smallest absolute Gasteiger partial charge is 0.245 e. The monoisotopic (exact) mass is 290 g/mol. The van der Waals surface area contributed by atoms with Gasteiger partial charge in [0.25, 0.3) is 0 Å². The van der Waals surface area contributed by atoms with Crippen LogP contribution < -0.4 is 5.32 Å². The largest absolute Gasteiger partial charge is 0.383 e. The van der Waals surface area contributed by atoms with Gasteiger partial charge in [0.15, 0.2) is 0 Å². The SMILES string of the molecule is COCCN1CCC(=O)N[C@H](CCc2ccccc2)C1=O. The number of carbonyl (C=O) groups is 2. The van der Waals surface area contributed by atoms with Crippen molar-refractivity contribution in [3.63, 3.8) is 0 Å². The van der Waals surface area contributed by atoms with Gasteiger partial charge in [0.1, 0.15) is 6.04 Å². The van der Waals surface area contributed by atoms with Crippen LogP contribution in [0.1, 0.15) is 18.4 Å². The molecular formula is C16H22N2O3. The summed E-state index contributed by atoms with van der Waals surface area (Å²) in [6.45, 7) is 1.49. The molecule has 0 radical (unpaired) electrons. The van der Waals surface area contributed by atoms with Crippen LogP contribution in [0.3, 0.4) is 0 Å². The highest BCUT2D eigenvalue weighted by atomic mass is 16.5. The van der Waals surface area contributed by atoms with Gasteiger partial charge in [0.05, 0.1) is 6.61 Å². The van der Waals surface area contributed by atoms with Gasteiger partial charge in [-0.3, -0.25) is 9.59 Å². The van der Waals surface area contributed by atoms with Crippen LogP contribution in [0, 0.1) is 0 Å². The number of nitrogens with one attached hydrogen (secondary N) is 1. The first-order chi connectivity index (χ1) is 10.2. The maximum atomic E-state index is 12.5. The predicted molar refractivity (Wildman–Crippen MR) is 79.8 cm³/mol. The number of amides is 2. The number of hydrogen-bond donors (Lipinski definition) is 1. The van der Waals surface area contributed by atoms with Crippen LogP contribution in [-0.2, 0) is 20.7 Å². The molecule has 0 aromatic heterocycles. The summed E-state index contributed by atoms with van der Waals surface area (Å²) in [5, 5.41) is 2.83. The lowest BCUT2D eigenvalue weighted by Gasteiger charge is -2.23. The third-order valence-electron chi connectivity index (χ3n) is 3.68. The van der Waals surface area contributed by atoms with Crippen molar-refractivity contribution in [1.82, 2.24) is 10.2 Å². The minimum absolute atomic E-state index is 0.00571. The van der Waals surface area contributed by atoms with E-state index in [9.17, 15) is 9.59 Å². The zero-order valence-corrected chi connectivity index (χ0v) is 12.4. The Morgan fingerprint density at radius 3 is 2.76 bits per heavy atom. The summed E-state index contributed by atoms with van der Waals surface area (Å²) in [6.07, 6.45) is 1.75. The zero-order chi connectivity index (χ0) is 15.1. The molecule has 0 aliphatic carbocycles. The van der Waals surface area contributed by atoms with Gasteiger partial charge in [-0.1, -0.05) is 30.3 Å². The molecule has 21 heavy (non-hydrogen) atoms. The fraction of sp³-hybridized carbons (Fsp3) is 0.500. The summed E-state index contributed by atoms with van der Waals surface area (Å²) in [7, 11) is 1.61. The van der Waals surface area contributed by atoms with Crippen LogP contribution in [0.4, 0.5) is 0 Å². The zero-order valence-electron chi connectivity index (χ0n) is 12.4. The van der Waals surface area contributed by atoms with Crippen LogP contribution >= 0.6 is 0 Å². The van der Waals surface area contributed by atoms with Gasteiger partial charge in [0, 0.05) is 26.6 Å². The Bertz CT molecular complexity index is 476. The molecule has 0 spiro atoms. The van der Waals surface area contributed by atoms with Gasteiger partial charge < -0.3 is 15.0 Å². The Hall–Kier alpha value is -1.88. The topological polar surface area (TPSA) is 58.6 Å². The van der Waals surface area contributed by atoms with Gasteiger partial charge in [-0.05, 0) is 18.4 Å². The van der Waals surface area contributed by atoms with Crippen LogP contribution in [0.25, 0.3) is 0 Å². The highest BCUT2D eigenvalue weighted by Gasteiger charge is 2.29. The van der Waals surface area contributed by atoms with Crippen molar-refractivity contribution in [3.8, 4) is 0 Å². The van der Waals surface area contributed by atoms with Gasteiger partial charge in [-0.25, -0.2) is 0 Å². The van der Waals surface area contributed by atoms with E-state index in [1.54, 1.807) is 12.0 Å². The van der Waals surface area contributed by atoms with Crippen molar-refractivity contribution < 1.29 is 14.3 Å². The molecule has 1 heterocycles. The Kier molecular flexibility index (Phi) is 5.75. The number of methoxy groups -OCH3 is 1. The Morgan fingerprint density at radius 2 is 2.05 bits per heavy atom. The van der Waals surface area contributed by atoms with E-state index in [4.69, 9.17) is 4.74 Å². The van der Waals surface area contributed by atoms with E-state index in [-0.39, 0.29) is 11.8 Å². The van der Waals surface area contributed by atoms with Crippen LogP contribution in [0.2, 0.25) is 0 Å². The molecule has 5 nitrogen and oxygen atoms in total. The lowest BCUT2D eigenvalue weighted by Crippen LogP contribution is -2.45. The molecule has 5 heteroatoms. The standard InChI is InChI=1S/C16H22N2O3/c1-21-12-11-18-10-9-15(19)17-14(16(18)20)8-7-13-5-3-2-4-6-13/h2-6,14H,7-12H2,1H3,(H,17,19)/t14-/m1/s1. The van der Waals surface area contributed by atoms with Crippen molar-refractivity contribution in [2.45, 2.75) is 25.3 Å². The number of nitrogens with zero attached hydrogens (tertiary/aromatic N) is 1. The Labute approximate surface area is 125 Å². The minimum atomic E-state index is -0.433. The Morgan fingerprint density at radius 1 is 1.29 bits per heavy atom. The molecule has 114 valence electrons. The first-order valence-corrected chi connectivity index (χ1v) is 7.31. The number of ether oxygens (including phenoxy) is 1. The van der Waals surface area contributed by atoms with E-state index in [1.165, 1.54) is 5.56 Å². The van der Waals surface area contributed by atoms with Crippen molar-refractivity contribution in [3.05, 3.63) is 35.9 Å². The Balaban J connectivity index is 1.97. The first-order valence-electron chi connectivity index (χ1n) is 7.31. The fourth-order valence-electron chi connectivity index (χ4n) is 2.47. The maximum absolute atomic E-state index is 12.5. The highest BCUT2D eigenvalue weighted by Crippen LogP contribution is 2.10. The van der Waals surface area contributed by atoms with Gasteiger partial charge in [-0.2, -0.15) is 0 Å². The first kappa shape index (κ1) is 15.5. The molecule has 0 unspecified atom stereocenters. The van der Waals surface area contributed by atoms with Crippen LogP contribution in [0.15, 0.2) is 30.3 Å². The quantitative estimate of drug-likeness (QED) is 0.850. The molecule has 0 saturated carbocycles. The summed E-state index contributed by atoms with van der Waals surface area (Å²) in [6, 6.07) is 9.56. The number of carbonyl (C=O) groups excluding carboxylic acids is 2. The third-order valence-corrected chi connectivity index (χ3v) is 3.68. The molecule has 1 aromatic carbocycles. The molecule has 1 aliphatic heterocycles. The molecule has 1 aliphatic rings. The number of rotatable bonds is 6. The van der Waals surface area contributed by atoms with Crippen molar-refractivity contribution in [2.75, 3.05) is 26.8 Å². The molecule has 0 bridgehead atoms. The molecule has 2 amide bonds. The van der Waals surface area contributed by atoms with E-state index in [2.05, 4.69) is 5.32 Å². The van der Waals surface area contributed by atoms with Crippen LogP contribution in [-0.4, -0.2) is 49.6 Å². The molecule has 1 fully saturated rings. The van der Waals surface area contributed by atoms with Gasteiger partial charge in [0.2, 0.25) is 11.8 Å². The molecule has 2 rings (SSSR count). The predicted octanol–water partition coefficient (Wildman–Crippen LogP) is 0.983. The van der Waals surface area contributed by atoms with E-state index in [0.717, 1.165) is 6.42 Å². The van der Waals surface area contributed by atoms with Crippen molar-refractivity contribution in [2.24, 2.45) is 0 Å². The van der Waals surface area contributed by atoms with Gasteiger partial charge in [-0.15, -0.1) is 0 Å². The minimum Gasteiger partial charge on any atom is -0.383 e. The third kappa shape index (κ3) is 4.56. The number of aryl methyl sites for hydroxylation is 1. The summed E-state index contributed by atoms with van der Waals surface area (Å²) in [4.78, 5) is 25.9. The lowest BCUT2D eigenvalue weighted by molar-refractivity contribution is -0.134. The number of benzene rings is 1. The lowest BCUT2D eigenvalue weighted by atomic mass is 10.0. The highest BCUT2D eigenvalue weighted by molar-refractivity contribution is 5.89. The van der Waals surface area contributed by atoms with Crippen LogP contribution in [0.5, 0.6) is 0 Å². The fourth-order valence-corrected chi connectivity index (χ4v) is 2.47. The number of hydrogen-bond acceptors (Lipinski definition) is 3. The summed E-state index contributed by atoms with van der Waals surface area (Å²) in [5.74, 6) is -0.0600. The second-order valence-electron chi connectivity index (χ2n) is 5.21. The second-order valence-corrected chi connectivity index (χ2v) is 5.21. The molecule has 1 N–H and O–H groups in total. The van der Waals surface area contributed by atoms with E-state index in [1.807, 2.05) is 30.3 Å². The molecule has 1 saturated heterocycles. The maximum Gasteiger partial charge on any atom is 0.245 e. The molecule has 1 atom stereocenters. The average Bonchev–Trinajstić information content (AvgIpc) is 2.64. The average molecular weight is 290 g/mol. The molecular weight excluding hydrogens is 268 g/mol. The van der Waals surface area contributed by atoms with Crippen molar-refractivity contribution >= 4 is 11.8 Å². The van der Waals surface area contributed by atoms with E-state index >= 15 is 0 Å². The molecule has 1 aromatic rings. The summed E-state index contributed by atoms with van der Waals surface area (Å²) in [5.41, 5.74) is 1.17. The van der Waals surface area contributed by atoms with Gasteiger partial charge >= 0.3 is 0 Å².